The van der Waals surface area contributed by atoms with Crippen molar-refractivity contribution in [2.24, 2.45) is 0 Å². The molecule has 0 aliphatic rings. The van der Waals surface area contributed by atoms with Crippen molar-refractivity contribution in [3.05, 3.63) is 28.2 Å². The van der Waals surface area contributed by atoms with Gasteiger partial charge in [-0.25, -0.2) is 0 Å². The lowest BCUT2D eigenvalue weighted by Crippen LogP contribution is -2.29. The lowest BCUT2D eigenvalue weighted by atomic mass is 10.2. The van der Waals surface area contributed by atoms with Crippen molar-refractivity contribution in [3.63, 3.8) is 0 Å². The molecule has 1 aromatic carbocycles. The van der Waals surface area contributed by atoms with Gasteiger partial charge >= 0.3 is 0 Å². The standard InChI is InChI=1S/C13H19Cl2NO/c1-3-4-10(2)16-7-8-17-13-9-11(14)5-6-12(13)15/h5-6,9-10,16H,3-4,7-8H2,1-2H3. The summed E-state index contributed by atoms with van der Waals surface area (Å²) < 4.78 is 5.57. The molecule has 2 nitrogen and oxygen atoms in total. The Morgan fingerprint density at radius 1 is 1.35 bits per heavy atom. The highest BCUT2D eigenvalue weighted by Crippen LogP contribution is 2.27. The van der Waals surface area contributed by atoms with Crippen LogP contribution in [0.25, 0.3) is 0 Å². The maximum atomic E-state index is 5.98. The summed E-state index contributed by atoms with van der Waals surface area (Å²) in [7, 11) is 0. The number of hydrogen-bond donors (Lipinski definition) is 1. The van der Waals surface area contributed by atoms with Crippen LogP contribution >= 0.6 is 23.2 Å². The van der Waals surface area contributed by atoms with E-state index in [-0.39, 0.29) is 0 Å². The molecular formula is C13H19Cl2NO. The molecule has 1 rings (SSSR count). The van der Waals surface area contributed by atoms with Crippen molar-refractivity contribution in [3.8, 4) is 5.75 Å². The third kappa shape index (κ3) is 5.62. The van der Waals surface area contributed by atoms with E-state index in [0.717, 1.165) is 6.54 Å². The van der Waals surface area contributed by atoms with Crippen LogP contribution in [0.4, 0.5) is 0 Å². The Morgan fingerprint density at radius 2 is 2.12 bits per heavy atom. The normalized spacial score (nSPS) is 12.5. The van der Waals surface area contributed by atoms with Crippen LogP contribution in [-0.2, 0) is 0 Å². The second-order valence-electron chi connectivity index (χ2n) is 4.07. The molecule has 0 heterocycles. The van der Waals surface area contributed by atoms with Gasteiger partial charge in [0.25, 0.3) is 0 Å². The van der Waals surface area contributed by atoms with E-state index in [1.54, 1.807) is 18.2 Å². The van der Waals surface area contributed by atoms with Gasteiger partial charge in [0.05, 0.1) is 5.02 Å². The van der Waals surface area contributed by atoms with Gasteiger partial charge < -0.3 is 10.1 Å². The second-order valence-corrected chi connectivity index (χ2v) is 4.91. The van der Waals surface area contributed by atoms with Crippen LogP contribution in [0.1, 0.15) is 26.7 Å². The fourth-order valence-electron chi connectivity index (χ4n) is 1.59. The molecule has 0 saturated carbocycles. The van der Waals surface area contributed by atoms with E-state index in [0.29, 0.717) is 28.4 Å². The average molecular weight is 276 g/mol. The van der Waals surface area contributed by atoms with Crippen LogP contribution in [0, 0.1) is 0 Å². The first-order valence-electron chi connectivity index (χ1n) is 5.94. The summed E-state index contributed by atoms with van der Waals surface area (Å²) in [6.07, 6.45) is 2.37. The second kappa shape index (κ2) is 7.80. The van der Waals surface area contributed by atoms with Gasteiger partial charge in [-0.1, -0.05) is 36.5 Å². The lowest BCUT2D eigenvalue weighted by molar-refractivity contribution is 0.305. The number of rotatable bonds is 7. The molecule has 1 unspecified atom stereocenters. The van der Waals surface area contributed by atoms with Crippen LogP contribution in [0.15, 0.2) is 18.2 Å². The number of benzene rings is 1. The zero-order valence-corrected chi connectivity index (χ0v) is 11.8. The zero-order chi connectivity index (χ0) is 12.7. The van der Waals surface area contributed by atoms with Gasteiger partial charge in [0.15, 0.2) is 0 Å². The smallest absolute Gasteiger partial charge is 0.139 e. The summed E-state index contributed by atoms with van der Waals surface area (Å²) in [5.74, 6) is 0.643. The van der Waals surface area contributed by atoms with Gasteiger partial charge in [-0.3, -0.25) is 0 Å². The molecule has 0 saturated heterocycles. The van der Waals surface area contributed by atoms with Crippen LogP contribution in [0.2, 0.25) is 10.0 Å². The van der Waals surface area contributed by atoms with E-state index in [4.69, 9.17) is 27.9 Å². The Balaban J connectivity index is 2.28. The topological polar surface area (TPSA) is 21.3 Å². The molecule has 0 aliphatic carbocycles. The predicted octanol–water partition coefficient (Wildman–Crippen LogP) is 4.15. The van der Waals surface area contributed by atoms with Crippen LogP contribution in [0.5, 0.6) is 5.75 Å². The zero-order valence-electron chi connectivity index (χ0n) is 10.3. The molecule has 0 aromatic heterocycles. The molecule has 0 bridgehead atoms. The van der Waals surface area contributed by atoms with Crippen molar-refractivity contribution in [1.29, 1.82) is 0 Å². The Hall–Kier alpha value is -0.440. The Kier molecular flexibility index (Phi) is 6.71. The maximum Gasteiger partial charge on any atom is 0.139 e. The number of hydrogen-bond acceptors (Lipinski definition) is 2. The SMILES string of the molecule is CCCC(C)NCCOc1cc(Cl)ccc1Cl. The molecule has 0 radical (unpaired) electrons. The van der Waals surface area contributed by atoms with Crippen LogP contribution < -0.4 is 10.1 Å². The molecular weight excluding hydrogens is 257 g/mol. The van der Waals surface area contributed by atoms with Crippen molar-refractivity contribution in [2.45, 2.75) is 32.7 Å². The third-order valence-electron chi connectivity index (χ3n) is 2.47. The highest BCUT2D eigenvalue weighted by molar-refractivity contribution is 6.34. The van der Waals surface area contributed by atoms with E-state index < -0.39 is 0 Å². The fourth-order valence-corrected chi connectivity index (χ4v) is 1.92. The van der Waals surface area contributed by atoms with E-state index in [1.807, 2.05) is 0 Å². The van der Waals surface area contributed by atoms with Gasteiger partial charge in [0, 0.05) is 23.7 Å². The van der Waals surface area contributed by atoms with Crippen LogP contribution in [-0.4, -0.2) is 19.2 Å². The highest BCUT2D eigenvalue weighted by atomic mass is 35.5. The molecule has 4 heteroatoms. The Morgan fingerprint density at radius 3 is 2.82 bits per heavy atom. The molecule has 0 fully saturated rings. The van der Waals surface area contributed by atoms with Crippen molar-refractivity contribution < 1.29 is 4.74 Å². The first-order chi connectivity index (χ1) is 8.13. The lowest BCUT2D eigenvalue weighted by Gasteiger charge is -2.13. The van der Waals surface area contributed by atoms with Crippen molar-refractivity contribution in [2.75, 3.05) is 13.2 Å². The van der Waals surface area contributed by atoms with Gasteiger partial charge in [0.2, 0.25) is 0 Å². The fraction of sp³-hybridized carbons (Fsp3) is 0.538. The van der Waals surface area contributed by atoms with E-state index in [1.165, 1.54) is 12.8 Å². The van der Waals surface area contributed by atoms with Gasteiger partial charge in [-0.2, -0.15) is 0 Å². The van der Waals surface area contributed by atoms with Crippen LogP contribution in [0.3, 0.4) is 0 Å². The molecule has 96 valence electrons. The summed E-state index contributed by atoms with van der Waals surface area (Å²) in [5.41, 5.74) is 0. The molecule has 0 aliphatic heterocycles. The molecule has 17 heavy (non-hydrogen) atoms. The molecule has 1 N–H and O–H groups in total. The largest absolute Gasteiger partial charge is 0.491 e. The monoisotopic (exact) mass is 275 g/mol. The van der Waals surface area contributed by atoms with E-state index in [2.05, 4.69) is 19.2 Å². The molecule has 1 aromatic rings. The minimum Gasteiger partial charge on any atom is -0.491 e. The first-order valence-corrected chi connectivity index (χ1v) is 6.70. The van der Waals surface area contributed by atoms with Crippen molar-refractivity contribution in [1.82, 2.24) is 5.32 Å². The number of ether oxygens (including phenoxy) is 1. The molecule has 1 atom stereocenters. The summed E-state index contributed by atoms with van der Waals surface area (Å²) in [4.78, 5) is 0. The summed E-state index contributed by atoms with van der Waals surface area (Å²) in [6, 6.07) is 5.75. The van der Waals surface area contributed by atoms with E-state index >= 15 is 0 Å². The molecule has 0 spiro atoms. The van der Waals surface area contributed by atoms with Gasteiger partial charge in [-0.05, 0) is 25.5 Å². The van der Waals surface area contributed by atoms with Crippen molar-refractivity contribution >= 4 is 23.2 Å². The average Bonchev–Trinajstić information content (AvgIpc) is 2.29. The minimum absolute atomic E-state index is 0.526. The Bertz CT molecular complexity index is 344. The summed E-state index contributed by atoms with van der Waals surface area (Å²) in [5, 5.41) is 4.62. The number of nitrogens with one attached hydrogen (secondary N) is 1. The third-order valence-corrected chi connectivity index (χ3v) is 3.01. The summed E-state index contributed by atoms with van der Waals surface area (Å²) in [6.45, 7) is 5.76. The quantitative estimate of drug-likeness (QED) is 0.755. The van der Waals surface area contributed by atoms with Gasteiger partial charge in [0.1, 0.15) is 12.4 Å². The summed E-state index contributed by atoms with van der Waals surface area (Å²) >= 11 is 11.9. The van der Waals surface area contributed by atoms with Gasteiger partial charge in [-0.15, -0.1) is 0 Å². The molecule has 0 amide bonds. The maximum absolute atomic E-state index is 5.98. The highest BCUT2D eigenvalue weighted by Gasteiger charge is 2.03. The first kappa shape index (κ1) is 14.6. The number of halogens is 2. The van der Waals surface area contributed by atoms with E-state index in [9.17, 15) is 0 Å². The Labute approximate surface area is 113 Å². The minimum atomic E-state index is 0.526. The predicted molar refractivity (Wildman–Crippen MR) is 74.3 cm³/mol.